The highest BCUT2D eigenvalue weighted by molar-refractivity contribution is 14.1. The molecule has 21 heavy (non-hydrogen) atoms. The standard InChI is InChI=1S/C17H20IN3/c18-15-16(13-8-4-5-9-13)20-14(21-17(15)19)11-10-12-6-2-1-3-7-12/h1-3,6-7,13H,4-5,8-11H2,(H2,19,20,21). The zero-order valence-electron chi connectivity index (χ0n) is 12.1. The number of halogens is 1. The van der Waals surface area contributed by atoms with Crippen LogP contribution in [0.3, 0.4) is 0 Å². The molecule has 1 aliphatic rings. The lowest BCUT2D eigenvalue weighted by molar-refractivity contribution is 0.677. The van der Waals surface area contributed by atoms with Gasteiger partial charge in [0.2, 0.25) is 0 Å². The number of rotatable bonds is 4. The molecule has 2 aromatic rings. The number of aromatic nitrogens is 2. The Labute approximate surface area is 139 Å². The van der Waals surface area contributed by atoms with E-state index >= 15 is 0 Å². The first-order chi connectivity index (χ1) is 10.2. The van der Waals surface area contributed by atoms with Gasteiger partial charge < -0.3 is 5.73 Å². The summed E-state index contributed by atoms with van der Waals surface area (Å²) in [7, 11) is 0. The molecule has 1 aliphatic carbocycles. The van der Waals surface area contributed by atoms with Gasteiger partial charge in [0.05, 0.1) is 9.26 Å². The molecule has 1 heterocycles. The third kappa shape index (κ3) is 3.54. The summed E-state index contributed by atoms with van der Waals surface area (Å²) in [5.74, 6) is 2.12. The monoisotopic (exact) mass is 393 g/mol. The molecule has 3 rings (SSSR count). The van der Waals surface area contributed by atoms with E-state index in [2.05, 4.69) is 51.8 Å². The van der Waals surface area contributed by atoms with Crippen LogP contribution in [0.25, 0.3) is 0 Å². The summed E-state index contributed by atoms with van der Waals surface area (Å²) in [5, 5.41) is 0. The SMILES string of the molecule is Nc1nc(CCc2ccccc2)nc(C2CCCC2)c1I. The molecule has 1 aromatic carbocycles. The second-order valence-corrected chi connectivity index (χ2v) is 6.77. The zero-order valence-corrected chi connectivity index (χ0v) is 14.2. The van der Waals surface area contributed by atoms with E-state index in [9.17, 15) is 0 Å². The van der Waals surface area contributed by atoms with Crippen LogP contribution in [0, 0.1) is 3.57 Å². The lowest BCUT2D eigenvalue weighted by atomic mass is 10.0. The van der Waals surface area contributed by atoms with E-state index in [4.69, 9.17) is 10.7 Å². The Morgan fingerprint density at radius 3 is 2.48 bits per heavy atom. The van der Waals surface area contributed by atoms with Gasteiger partial charge >= 0.3 is 0 Å². The molecule has 1 fully saturated rings. The van der Waals surface area contributed by atoms with Crippen LogP contribution in [0.4, 0.5) is 5.82 Å². The Hall–Kier alpha value is -1.17. The highest BCUT2D eigenvalue weighted by Gasteiger charge is 2.23. The van der Waals surface area contributed by atoms with Gasteiger partial charge in [-0.3, -0.25) is 0 Å². The number of anilines is 1. The second-order valence-electron chi connectivity index (χ2n) is 5.69. The third-order valence-corrected chi connectivity index (χ3v) is 5.28. The molecule has 4 heteroatoms. The van der Waals surface area contributed by atoms with E-state index in [0.29, 0.717) is 11.7 Å². The van der Waals surface area contributed by atoms with Crippen LogP contribution >= 0.6 is 22.6 Å². The van der Waals surface area contributed by atoms with Crippen LogP contribution in [0.15, 0.2) is 30.3 Å². The van der Waals surface area contributed by atoms with Crippen molar-refractivity contribution in [2.75, 3.05) is 5.73 Å². The Bertz CT molecular complexity index is 607. The van der Waals surface area contributed by atoms with Gasteiger partial charge in [0.15, 0.2) is 0 Å². The van der Waals surface area contributed by atoms with Crippen molar-refractivity contribution < 1.29 is 0 Å². The minimum absolute atomic E-state index is 0.581. The highest BCUT2D eigenvalue weighted by atomic mass is 127. The Kier molecular flexibility index (Phi) is 4.73. The molecule has 110 valence electrons. The molecule has 0 saturated heterocycles. The maximum absolute atomic E-state index is 6.10. The fourth-order valence-corrected chi connectivity index (χ4v) is 3.70. The summed E-state index contributed by atoms with van der Waals surface area (Å²) in [6, 6.07) is 10.5. The number of nitrogen functional groups attached to an aromatic ring is 1. The van der Waals surface area contributed by atoms with Crippen molar-refractivity contribution in [1.29, 1.82) is 0 Å². The highest BCUT2D eigenvalue weighted by Crippen LogP contribution is 2.36. The molecular weight excluding hydrogens is 373 g/mol. The van der Waals surface area contributed by atoms with Crippen LogP contribution in [0.2, 0.25) is 0 Å². The predicted molar refractivity (Wildman–Crippen MR) is 94.2 cm³/mol. The quantitative estimate of drug-likeness (QED) is 0.796. The summed E-state index contributed by atoms with van der Waals surface area (Å²) >= 11 is 2.30. The molecular formula is C17H20IN3. The average Bonchev–Trinajstić information content (AvgIpc) is 3.03. The largest absolute Gasteiger partial charge is 0.383 e. The van der Waals surface area contributed by atoms with Crippen molar-refractivity contribution in [3.8, 4) is 0 Å². The molecule has 2 N–H and O–H groups in total. The predicted octanol–water partition coefficient (Wildman–Crippen LogP) is 4.11. The summed E-state index contributed by atoms with van der Waals surface area (Å²) in [4.78, 5) is 9.31. The number of nitrogens with zero attached hydrogens (tertiary/aromatic N) is 2. The molecule has 3 nitrogen and oxygen atoms in total. The van der Waals surface area contributed by atoms with Gasteiger partial charge in [-0.05, 0) is 47.4 Å². The Balaban J connectivity index is 1.79. The van der Waals surface area contributed by atoms with Crippen molar-refractivity contribution in [2.24, 2.45) is 0 Å². The summed E-state index contributed by atoms with van der Waals surface area (Å²) < 4.78 is 1.06. The maximum atomic E-state index is 6.10. The molecule has 0 atom stereocenters. The molecule has 0 aliphatic heterocycles. The summed E-state index contributed by atoms with van der Waals surface area (Å²) in [5.41, 5.74) is 8.60. The normalized spacial score (nSPS) is 15.5. The van der Waals surface area contributed by atoms with E-state index in [1.54, 1.807) is 0 Å². The first kappa shape index (κ1) is 14.8. The van der Waals surface area contributed by atoms with Gasteiger partial charge in [-0.2, -0.15) is 0 Å². The lowest BCUT2D eigenvalue weighted by Gasteiger charge is -2.14. The Morgan fingerprint density at radius 1 is 1.05 bits per heavy atom. The number of hydrogen-bond acceptors (Lipinski definition) is 3. The van der Waals surface area contributed by atoms with E-state index in [-0.39, 0.29) is 0 Å². The van der Waals surface area contributed by atoms with Gasteiger partial charge in [0, 0.05) is 12.3 Å². The molecule has 0 unspecified atom stereocenters. The number of hydrogen-bond donors (Lipinski definition) is 1. The van der Waals surface area contributed by atoms with Gasteiger partial charge in [-0.15, -0.1) is 0 Å². The third-order valence-electron chi connectivity index (χ3n) is 4.17. The van der Waals surface area contributed by atoms with Crippen molar-refractivity contribution in [3.63, 3.8) is 0 Å². The fraction of sp³-hybridized carbons (Fsp3) is 0.412. The minimum atomic E-state index is 0.581. The Morgan fingerprint density at radius 2 is 1.76 bits per heavy atom. The van der Waals surface area contributed by atoms with E-state index < -0.39 is 0 Å². The lowest BCUT2D eigenvalue weighted by Crippen LogP contribution is -2.10. The summed E-state index contributed by atoms with van der Waals surface area (Å²) in [6.07, 6.45) is 6.92. The van der Waals surface area contributed by atoms with Crippen molar-refractivity contribution in [3.05, 3.63) is 51.0 Å². The average molecular weight is 393 g/mol. The number of nitrogens with two attached hydrogens (primary N) is 1. The van der Waals surface area contributed by atoms with Crippen LogP contribution in [-0.4, -0.2) is 9.97 Å². The zero-order chi connectivity index (χ0) is 14.7. The number of benzene rings is 1. The number of aryl methyl sites for hydroxylation is 2. The second kappa shape index (κ2) is 6.73. The van der Waals surface area contributed by atoms with E-state index in [1.165, 1.54) is 36.9 Å². The first-order valence-electron chi connectivity index (χ1n) is 7.60. The van der Waals surface area contributed by atoms with Crippen LogP contribution in [-0.2, 0) is 12.8 Å². The van der Waals surface area contributed by atoms with Gasteiger partial charge in [-0.25, -0.2) is 9.97 Å². The summed E-state index contributed by atoms with van der Waals surface area (Å²) in [6.45, 7) is 0. The van der Waals surface area contributed by atoms with Crippen LogP contribution < -0.4 is 5.73 Å². The van der Waals surface area contributed by atoms with Crippen molar-refractivity contribution in [1.82, 2.24) is 9.97 Å². The topological polar surface area (TPSA) is 51.8 Å². The van der Waals surface area contributed by atoms with Gasteiger partial charge in [0.25, 0.3) is 0 Å². The molecule has 1 saturated carbocycles. The molecule has 1 aromatic heterocycles. The van der Waals surface area contributed by atoms with E-state index in [0.717, 1.165) is 22.2 Å². The van der Waals surface area contributed by atoms with Crippen molar-refractivity contribution in [2.45, 2.75) is 44.4 Å². The molecule has 0 amide bonds. The molecule has 0 spiro atoms. The van der Waals surface area contributed by atoms with Crippen LogP contribution in [0.5, 0.6) is 0 Å². The van der Waals surface area contributed by atoms with Gasteiger partial charge in [-0.1, -0.05) is 43.2 Å². The van der Waals surface area contributed by atoms with E-state index in [1.807, 2.05) is 6.07 Å². The molecule has 0 bridgehead atoms. The smallest absolute Gasteiger partial charge is 0.140 e. The van der Waals surface area contributed by atoms with Crippen molar-refractivity contribution >= 4 is 28.4 Å². The maximum Gasteiger partial charge on any atom is 0.140 e. The minimum Gasteiger partial charge on any atom is -0.383 e. The first-order valence-corrected chi connectivity index (χ1v) is 8.67. The molecule has 0 radical (unpaired) electrons. The van der Waals surface area contributed by atoms with Crippen LogP contribution in [0.1, 0.15) is 48.7 Å². The van der Waals surface area contributed by atoms with Gasteiger partial charge in [0.1, 0.15) is 11.6 Å². The fourth-order valence-electron chi connectivity index (χ4n) is 3.01.